The van der Waals surface area contributed by atoms with Gasteiger partial charge >= 0.3 is 0 Å². The van der Waals surface area contributed by atoms with Crippen LogP contribution in [0.4, 0.5) is 0 Å². The summed E-state index contributed by atoms with van der Waals surface area (Å²) in [6, 6.07) is 11.1. The van der Waals surface area contributed by atoms with E-state index in [4.69, 9.17) is 25.5 Å². The number of hydrogen-bond donors (Lipinski definition) is 0. The van der Waals surface area contributed by atoms with Gasteiger partial charge in [-0.15, -0.1) is 0 Å². The molecule has 2 heterocycles. The van der Waals surface area contributed by atoms with E-state index in [1.807, 2.05) is 30.3 Å². The summed E-state index contributed by atoms with van der Waals surface area (Å²) in [7, 11) is 3.15. The summed E-state index contributed by atoms with van der Waals surface area (Å²) in [6.45, 7) is 0. The van der Waals surface area contributed by atoms with Crippen molar-refractivity contribution in [3.63, 3.8) is 0 Å². The summed E-state index contributed by atoms with van der Waals surface area (Å²) in [5.41, 5.74) is 2.15. The maximum absolute atomic E-state index is 6.08. The molecule has 4 aromatic rings. The normalized spacial score (nSPS) is 11.2. The molecule has 4 rings (SSSR count). The smallest absolute Gasteiger partial charge is 0.263 e. The molecule has 0 unspecified atom stereocenters. The van der Waals surface area contributed by atoms with E-state index in [2.05, 4.69) is 15.0 Å². The van der Waals surface area contributed by atoms with Crippen molar-refractivity contribution in [1.82, 2.24) is 15.0 Å². The van der Waals surface area contributed by atoms with E-state index in [-0.39, 0.29) is 5.28 Å². The van der Waals surface area contributed by atoms with Gasteiger partial charge in [-0.1, -0.05) is 12.1 Å². The number of aromatic nitrogens is 3. The van der Waals surface area contributed by atoms with Crippen LogP contribution in [-0.4, -0.2) is 29.2 Å². The summed E-state index contributed by atoms with van der Waals surface area (Å²) < 4.78 is 16.4. The quantitative estimate of drug-likeness (QED) is 0.382. The Morgan fingerprint density at radius 1 is 0.960 bits per heavy atom. The van der Waals surface area contributed by atoms with Gasteiger partial charge in [-0.25, -0.2) is 15.0 Å². The van der Waals surface area contributed by atoms with Gasteiger partial charge in [0.15, 0.2) is 17.1 Å². The molecule has 0 aliphatic carbocycles. The van der Waals surface area contributed by atoms with E-state index < -0.39 is 0 Å². The van der Waals surface area contributed by atoms with Gasteiger partial charge in [0.25, 0.3) is 5.22 Å². The second-order valence-electron chi connectivity index (χ2n) is 5.07. The van der Waals surface area contributed by atoms with Crippen molar-refractivity contribution in [3.8, 4) is 11.5 Å². The maximum Gasteiger partial charge on any atom is 0.263 e. The largest absolute Gasteiger partial charge is 0.493 e. The van der Waals surface area contributed by atoms with Crippen molar-refractivity contribution < 1.29 is 13.9 Å². The Kier molecular flexibility index (Phi) is 4.10. The van der Waals surface area contributed by atoms with Crippen LogP contribution in [0.5, 0.6) is 11.5 Å². The lowest BCUT2D eigenvalue weighted by Crippen LogP contribution is -1.94. The number of ether oxygens (including phenoxy) is 2. The Labute approximate surface area is 152 Å². The van der Waals surface area contributed by atoms with Crippen molar-refractivity contribution >= 4 is 45.4 Å². The van der Waals surface area contributed by atoms with E-state index in [9.17, 15) is 0 Å². The maximum atomic E-state index is 6.08. The van der Waals surface area contributed by atoms with E-state index in [0.29, 0.717) is 32.8 Å². The fourth-order valence-electron chi connectivity index (χ4n) is 2.46. The molecule has 25 heavy (non-hydrogen) atoms. The minimum absolute atomic E-state index is 0.137. The predicted molar refractivity (Wildman–Crippen MR) is 95.8 cm³/mol. The molecular weight excluding hydrogens is 362 g/mol. The first-order valence-corrected chi connectivity index (χ1v) is 8.50. The molecule has 0 saturated carbocycles. The summed E-state index contributed by atoms with van der Waals surface area (Å²) >= 11 is 7.36. The lowest BCUT2D eigenvalue weighted by molar-refractivity contribution is 0.355. The fourth-order valence-corrected chi connectivity index (χ4v) is 3.53. The van der Waals surface area contributed by atoms with Crippen LogP contribution in [0.2, 0.25) is 5.28 Å². The van der Waals surface area contributed by atoms with Gasteiger partial charge < -0.3 is 13.9 Å². The monoisotopic (exact) mass is 373 g/mol. The summed E-state index contributed by atoms with van der Waals surface area (Å²) in [5.74, 6) is 1.16. The number of rotatable bonds is 4. The van der Waals surface area contributed by atoms with Crippen molar-refractivity contribution in [2.45, 2.75) is 10.2 Å². The highest BCUT2D eigenvalue weighted by molar-refractivity contribution is 7.99. The van der Waals surface area contributed by atoms with Gasteiger partial charge in [0.05, 0.1) is 19.7 Å². The number of halogens is 1. The average molecular weight is 374 g/mol. The third-order valence-corrected chi connectivity index (χ3v) is 4.62. The molecule has 2 aromatic heterocycles. The van der Waals surface area contributed by atoms with Crippen LogP contribution in [0, 0.1) is 0 Å². The van der Waals surface area contributed by atoms with Crippen LogP contribution in [-0.2, 0) is 0 Å². The van der Waals surface area contributed by atoms with Crippen molar-refractivity contribution in [2.75, 3.05) is 14.2 Å². The van der Waals surface area contributed by atoms with Crippen LogP contribution >= 0.6 is 23.4 Å². The standard InChI is InChI=1S/C17H12ClN3O3S/c1-22-13-7-9-11(8-14(13)23-2)19-16(18)21-15(9)25-17-20-10-5-3-4-6-12(10)24-17/h3-8H,1-2H3. The van der Waals surface area contributed by atoms with Gasteiger partial charge in [0, 0.05) is 11.5 Å². The minimum atomic E-state index is 0.137. The molecule has 0 aliphatic heterocycles. The highest BCUT2D eigenvalue weighted by atomic mass is 35.5. The molecule has 0 bridgehead atoms. The van der Waals surface area contributed by atoms with Crippen LogP contribution < -0.4 is 9.47 Å². The highest BCUT2D eigenvalue weighted by Gasteiger charge is 2.16. The molecule has 2 aromatic carbocycles. The van der Waals surface area contributed by atoms with Gasteiger partial charge in [-0.05, 0) is 41.6 Å². The first-order valence-electron chi connectivity index (χ1n) is 7.30. The van der Waals surface area contributed by atoms with Crippen LogP contribution in [0.1, 0.15) is 0 Å². The number of oxazole rings is 1. The molecule has 0 N–H and O–H groups in total. The molecule has 8 heteroatoms. The molecular formula is C17H12ClN3O3S. The fraction of sp³-hybridized carbons (Fsp3) is 0.118. The van der Waals surface area contributed by atoms with Crippen molar-refractivity contribution in [3.05, 3.63) is 41.7 Å². The molecule has 0 fully saturated rings. The van der Waals surface area contributed by atoms with Crippen LogP contribution in [0.25, 0.3) is 22.0 Å². The lowest BCUT2D eigenvalue weighted by Gasteiger charge is -2.10. The van der Waals surface area contributed by atoms with E-state index in [1.54, 1.807) is 20.3 Å². The van der Waals surface area contributed by atoms with Crippen LogP contribution in [0.3, 0.4) is 0 Å². The first kappa shape index (κ1) is 16.0. The summed E-state index contributed by atoms with van der Waals surface area (Å²) in [4.78, 5) is 13.0. The number of fused-ring (bicyclic) bond motifs is 2. The molecule has 6 nitrogen and oxygen atoms in total. The number of para-hydroxylation sites is 2. The molecule has 0 aliphatic rings. The molecule has 0 radical (unpaired) electrons. The Hall–Kier alpha value is -2.51. The number of hydrogen-bond acceptors (Lipinski definition) is 7. The molecule has 0 atom stereocenters. The van der Waals surface area contributed by atoms with E-state index >= 15 is 0 Å². The van der Waals surface area contributed by atoms with E-state index in [0.717, 1.165) is 10.9 Å². The summed E-state index contributed by atoms with van der Waals surface area (Å²) in [6.07, 6.45) is 0. The zero-order chi connectivity index (χ0) is 17.4. The lowest BCUT2D eigenvalue weighted by atomic mass is 10.2. The molecule has 0 spiro atoms. The number of nitrogens with zero attached hydrogens (tertiary/aromatic N) is 3. The number of benzene rings is 2. The van der Waals surface area contributed by atoms with Crippen LogP contribution in [0.15, 0.2) is 51.1 Å². The van der Waals surface area contributed by atoms with Gasteiger partial charge in [-0.2, -0.15) is 0 Å². The van der Waals surface area contributed by atoms with E-state index in [1.165, 1.54) is 11.8 Å². The predicted octanol–water partition coefficient (Wildman–Crippen LogP) is 4.59. The number of methoxy groups -OCH3 is 2. The van der Waals surface area contributed by atoms with Gasteiger partial charge in [0.2, 0.25) is 5.28 Å². The van der Waals surface area contributed by atoms with Crippen molar-refractivity contribution in [1.29, 1.82) is 0 Å². The highest BCUT2D eigenvalue weighted by Crippen LogP contribution is 2.38. The Morgan fingerprint density at radius 3 is 2.48 bits per heavy atom. The van der Waals surface area contributed by atoms with Crippen molar-refractivity contribution in [2.24, 2.45) is 0 Å². The second kappa shape index (κ2) is 6.42. The summed E-state index contributed by atoms with van der Waals surface area (Å²) in [5, 5.41) is 2.02. The Bertz CT molecular complexity index is 1050. The first-order chi connectivity index (χ1) is 12.2. The zero-order valence-corrected chi connectivity index (χ0v) is 14.9. The molecule has 126 valence electrons. The van der Waals surface area contributed by atoms with Gasteiger partial charge in [-0.3, -0.25) is 0 Å². The van der Waals surface area contributed by atoms with Gasteiger partial charge in [0.1, 0.15) is 10.5 Å². The average Bonchev–Trinajstić information content (AvgIpc) is 3.02. The second-order valence-corrected chi connectivity index (χ2v) is 6.35. The molecule has 0 amide bonds. The SMILES string of the molecule is COc1cc2nc(Cl)nc(Sc3nc4ccccc4o3)c2cc1OC. The molecule has 0 saturated heterocycles. The topological polar surface area (TPSA) is 70.3 Å². The third-order valence-electron chi connectivity index (χ3n) is 3.60. The zero-order valence-electron chi connectivity index (χ0n) is 13.3. The Balaban J connectivity index is 1.85. The Morgan fingerprint density at radius 2 is 1.72 bits per heavy atom. The minimum Gasteiger partial charge on any atom is -0.493 e. The third kappa shape index (κ3) is 2.96.